The van der Waals surface area contributed by atoms with E-state index in [1.807, 2.05) is 32.0 Å². The van der Waals surface area contributed by atoms with Gasteiger partial charge in [-0.3, -0.25) is 0 Å². The van der Waals surface area contributed by atoms with E-state index in [0.29, 0.717) is 17.2 Å². The van der Waals surface area contributed by atoms with Crippen molar-refractivity contribution in [3.05, 3.63) is 53.1 Å². The minimum absolute atomic E-state index is 0.0141. The van der Waals surface area contributed by atoms with E-state index >= 15 is 0 Å². The number of aromatic nitrogens is 2. The maximum atomic E-state index is 9.53. The molecule has 1 atom stereocenters. The van der Waals surface area contributed by atoms with Gasteiger partial charge >= 0.3 is 0 Å². The first-order chi connectivity index (χ1) is 15.6. The summed E-state index contributed by atoms with van der Waals surface area (Å²) in [6.45, 7) is 6.46. The molecule has 0 radical (unpaired) electrons. The number of hydrogen-bond acceptors (Lipinski definition) is 7. The molecule has 0 amide bonds. The number of fused-ring (bicyclic) bond motifs is 1. The molecule has 6 nitrogen and oxygen atoms in total. The fourth-order valence-corrected chi connectivity index (χ4v) is 5.05. The van der Waals surface area contributed by atoms with E-state index in [2.05, 4.69) is 39.8 Å². The van der Waals surface area contributed by atoms with Crippen molar-refractivity contribution in [2.45, 2.75) is 38.7 Å². The largest absolute Gasteiger partial charge is 0.490 e. The zero-order valence-electron chi connectivity index (χ0n) is 18.7. The molecule has 1 aliphatic rings. The van der Waals surface area contributed by atoms with Crippen LogP contribution in [0.2, 0.25) is 0 Å². The Morgan fingerprint density at radius 1 is 1.22 bits per heavy atom. The van der Waals surface area contributed by atoms with Crippen molar-refractivity contribution in [1.82, 2.24) is 15.5 Å². The zero-order chi connectivity index (χ0) is 22.5. The number of hydrogen-bond donors (Lipinski definition) is 1. The molecule has 7 heteroatoms. The van der Waals surface area contributed by atoms with Gasteiger partial charge in [0.25, 0.3) is 0 Å². The molecule has 0 aliphatic heterocycles. The van der Waals surface area contributed by atoms with Crippen LogP contribution in [0.1, 0.15) is 42.9 Å². The smallest absolute Gasteiger partial charge is 0.148 e. The van der Waals surface area contributed by atoms with E-state index in [0.717, 1.165) is 48.1 Å². The molecule has 1 heterocycles. The molecule has 3 aromatic rings. The fourth-order valence-electron chi connectivity index (χ4n) is 4.16. The summed E-state index contributed by atoms with van der Waals surface area (Å²) in [7, 11) is 1.73. The van der Waals surface area contributed by atoms with E-state index in [1.54, 1.807) is 18.4 Å². The Kier molecular flexibility index (Phi) is 7.15. The molecule has 4 rings (SSSR count). The topological polar surface area (TPSA) is 80.1 Å². The van der Waals surface area contributed by atoms with E-state index < -0.39 is 0 Å². The molecule has 0 spiro atoms. The quantitative estimate of drug-likeness (QED) is 0.474. The van der Waals surface area contributed by atoms with Crippen LogP contribution in [0.4, 0.5) is 0 Å². The van der Waals surface area contributed by atoms with E-state index in [-0.39, 0.29) is 6.10 Å². The number of methoxy groups -OCH3 is 1. The molecule has 32 heavy (non-hydrogen) atoms. The number of nitrogens with one attached hydrogen (secondary N) is 1. The number of benzene rings is 2. The third kappa shape index (κ3) is 4.83. The van der Waals surface area contributed by atoms with Gasteiger partial charge in [0.15, 0.2) is 0 Å². The van der Waals surface area contributed by atoms with Crippen LogP contribution in [-0.4, -0.2) is 43.1 Å². The Bertz CT molecular complexity index is 1120. The fraction of sp³-hybridized carbons (Fsp3) is 0.400. The van der Waals surface area contributed by atoms with E-state index in [4.69, 9.17) is 9.47 Å². The summed E-state index contributed by atoms with van der Waals surface area (Å²) in [6.07, 6.45) is 2.21. The van der Waals surface area contributed by atoms with Gasteiger partial charge in [0.1, 0.15) is 21.8 Å². The molecule has 0 fully saturated rings. The third-order valence-electron chi connectivity index (χ3n) is 5.63. The summed E-state index contributed by atoms with van der Waals surface area (Å²) in [6, 6.07) is 14.4. The Morgan fingerprint density at radius 3 is 2.84 bits per heavy atom. The Hall–Kier alpha value is -2.79. The Balaban J connectivity index is 1.56. The molecule has 0 bridgehead atoms. The summed E-state index contributed by atoms with van der Waals surface area (Å²) in [5.41, 5.74) is 5.36. The second kappa shape index (κ2) is 10.2. The lowest BCUT2D eigenvalue weighted by Gasteiger charge is -2.13. The number of rotatable bonds is 9. The SMILES string of the molecule is COCCNC[C@H]1CCc2c(-c3nnc(-c4ccc(OC(C)C)c(C#N)c4)s3)cccc21. The van der Waals surface area contributed by atoms with Crippen LogP contribution in [0.25, 0.3) is 21.1 Å². The van der Waals surface area contributed by atoms with Gasteiger partial charge in [0.05, 0.1) is 18.3 Å². The highest BCUT2D eigenvalue weighted by atomic mass is 32.1. The lowest BCUT2D eigenvalue weighted by atomic mass is 9.98. The van der Waals surface area contributed by atoms with Crippen LogP contribution < -0.4 is 10.1 Å². The van der Waals surface area contributed by atoms with Gasteiger partial charge in [-0.2, -0.15) is 5.26 Å². The van der Waals surface area contributed by atoms with Gasteiger partial charge in [0, 0.05) is 31.3 Å². The van der Waals surface area contributed by atoms with Crippen LogP contribution in [0.5, 0.6) is 5.75 Å². The Morgan fingerprint density at radius 2 is 2.06 bits per heavy atom. The highest BCUT2D eigenvalue weighted by Gasteiger charge is 2.26. The van der Waals surface area contributed by atoms with Crippen molar-refractivity contribution < 1.29 is 9.47 Å². The molecule has 1 aliphatic carbocycles. The molecule has 1 aromatic heterocycles. The molecule has 0 saturated carbocycles. The van der Waals surface area contributed by atoms with E-state index in [1.165, 1.54) is 16.7 Å². The van der Waals surface area contributed by atoms with Crippen molar-refractivity contribution in [3.8, 4) is 33.0 Å². The summed E-state index contributed by atoms with van der Waals surface area (Å²) < 4.78 is 10.9. The van der Waals surface area contributed by atoms with Gasteiger partial charge < -0.3 is 14.8 Å². The number of nitriles is 1. The van der Waals surface area contributed by atoms with Crippen molar-refractivity contribution >= 4 is 11.3 Å². The minimum atomic E-state index is 0.0141. The second-order valence-electron chi connectivity index (χ2n) is 8.21. The predicted molar refractivity (Wildman–Crippen MR) is 127 cm³/mol. The standard InChI is InChI=1S/C25H28N4O2S/c1-16(2)31-23-10-8-17(13-19(23)14-26)24-28-29-25(32-24)22-6-4-5-20-18(7-9-21(20)22)15-27-11-12-30-3/h4-6,8,10,13,16,18,27H,7,9,11-12,15H2,1-3H3/t18-/m1/s1. The monoisotopic (exact) mass is 448 g/mol. The second-order valence-corrected chi connectivity index (χ2v) is 9.19. The number of nitrogens with zero attached hydrogens (tertiary/aromatic N) is 3. The number of ether oxygens (including phenoxy) is 2. The minimum Gasteiger partial charge on any atom is -0.490 e. The lowest BCUT2D eigenvalue weighted by Crippen LogP contribution is -2.24. The maximum Gasteiger partial charge on any atom is 0.148 e. The summed E-state index contributed by atoms with van der Waals surface area (Å²) in [5.74, 6) is 1.11. The van der Waals surface area contributed by atoms with Gasteiger partial charge in [-0.1, -0.05) is 29.5 Å². The van der Waals surface area contributed by atoms with Crippen LogP contribution in [0.15, 0.2) is 36.4 Å². The first-order valence-corrected chi connectivity index (χ1v) is 11.8. The lowest BCUT2D eigenvalue weighted by molar-refractivity contribution is 0.199. The summed E-state index contributed by atoms with van der Waals surface area (Å²) in [5, 5.41) is 23.7. The highest BCUT2D eigenvalue weighted by molar-refractivity contribution is 7.17. The first kappa shape index (κ1) is 22.4. The average molecular weight is 449 g/mol. The third-order valence-corrected chi connectivity index (χ3v) is 6.64. The molecule has 166 valence electrons. The van der Waals surface area contributed by atoms with E-state index in [9.17, 15) is 5.26 Å². The Labute approximate surface area is 193 Å². The van der Waals surface area contributed by atoms with Crippen LogP contribution in [-0.2, 0) is 11.2 Å². The van der Waals surface area contributed by atoms with Crippen molar-refractivity contribution in [2.75, 3.05) is 26.8 Å². The first-order valence-electron chi connectivity index (χ1n) is 11.0. The molecule has 2 aromatic carbocycles. The van der Waals surface area contributed by atoms with Gasteiger partial charge in [-0.25, -0.2) is 0 Å². The molecular weight excluding hydrogens is 420 g/mol. The molecule has 1 N–H and O–H groups in total. The summed E-state index contributed by atoms with van der Waals surface area (Å²) in [4.78, 5) is 0. The van der Waals surface area contributed by atoms with Crippen LogP contribution >= 0.6 is 11.3 Å². The van der Waals surface area contributed by atoms with Crippen molar-refractivity contribution in [1.29, 1.82) is 5.26 Å². The van der Waals surface area contributed by atoms with Crippen LogP contribution in [0, 0.1) is 11.3 Å². The highest BCUT2D eigenvalue weighted by Crippen LogP contribution is 2.40. The summed E-state index contributed by atoms with van der Waals surface area (Å²) >= 11 is 1.57. The van der Waals surface area contributed by atoms with Crippen molar-refractivity contribution in [3.63, 3.8) is 0 Å². The van der Waals surface area contributed by atoms with Gasteiger partial charge in [0.2, 0.25) is 0 Å². The predicted octanol–water partition coefficient (Wildman–Crippen LogP) is 4.80. The van der Waals surface area contributed by atoms with Gasteiger partial charge in [-0.15, -0.1) is 10.2 Å². The molecule has 0 unspecified atom stereocenters. The normalized spacial score (nSPS) is 15.0. The maximum absolute atomic E-state index is 9.53. The van der Waals surface area contributed by atoms with Crippen molar-refractivity contribution in [2.24, 2.45) is 0 Å². The molecule has 0 saturated heterocycles. The zero-order valence-corrected chi connectivity index (χ0v) is 19.5. The van der Waals surface area contributed by atoms with Gasteiger partial charge in [-0.05, 0) is 61.9 Å². The molecular formula is C25H28N4O2S. The average Bonchev–Trinajstić information content (AvgIpc) is 3.44. The van der Waals surface area contributed by atoms with Crippen LogP contribution in [0.3, 0.4) is 0 Å².